The second kappa shape index (κ2) is 6.60. The normalized spacial score (nSPS) is 23.9. The van der Waals surface area contributed by atoms with Crippen molar-refractivity contribution in [2.24, 2.45) is 5.92 Å². The molecule has 4 heteroatoms. The highest BCUT2D eigenvalue weighted by Crippen LogP contribution is 2.23. The van der Waals surface area contributed by atoms with Crippen molar-refractivity contribution in [3.05, 3.63) is 22.4 Å². The number of carbonyl (C=O) groups excluding carboxylic acids is 1. The molecule has 1 heterocycles. The van der Waals surface area contributed by atoms with Gasteiger partial charge in [-0.3, -0.25) is 4.79 Å². The number of aromatic nitrogens is 1. The van der Waals surface area contributed by atoms with Gasteiger partial charge in [0.2, 0.25) is 0 Å². The molecule has 0 bridgehead atoms. The van der Waals surface area contributed by atoms with E-state index in [1.807, 2.05) is 16.8 Å². The van der Waals surface area contributed by atoms with Gasteiger partial charge in [0, 0.05) is 23.3 Å². The van der Waals surface area contributed by atoms with Gasteiger partial charge in [-0.15, -0.1) is 0 Å². The molecule has 0 aromatic carbocycles. The van der Waals surface area contributed by atoms with Crippen molar-refractivity contribution in [1.29, 1.82) is 0 Å². The Balaban J connectivity index is 2.06. The van der Waals surface area contributed by atoms with E-state index in [4.69, 9.17) is 0 Å². The van der Waals surface area contributed by atoms with E-state index < -0.39 is 0 Å². The van der Waals surface area contributed by atoms with Crippen LogP contribution in [0.4, 0.5) is 0 Å². The number of hydrogen-bond donors (Lipinski definition) is 1. The summed E-state index contributed by atoms with van der Waals surface area (Å²) in [6, 6.07) is 2.23. The molecule has 1 aliphatic rings. The van der Waals surface area contributed by atoms with Crippen molar-refractivity contribution in [2.75, 3.05) is 0 Å². The molecule has 1 aromatic rings. The number of rotatable bonds is 3. The van der Waals surface area contributed by atoms with E-state index in [2.05, 4.69) is 35.1 Å². The van der Waals surface area contributed by atoms with Crippen LogP contribution in [0.1, 0.15) is 56.4 Å². The molecule has 1 N–H and O–H groups in total. The molecular formula is C15H23BrN2O. The van der Waals surface area contributed by atoms with E-state index >= 15 is 0 Å². The van der Waals surface area contributed by atoms with Gasteiger partial charge < -0.3 is 9.88 Å². The lowest BCUT2D eigenvalue weighted by molar-refractivity contribution is 0.0912. The standard InChI is InChI=1S/C15H23BrN2O/c1-3-18-10-12(16)9-14(18)15(19)17-13-8-6-4-5-7-11(13)2/h9-11,13H,3-8H2,1-2H3,(H,17,19). The molecule has 1 fully saturated rings. The lowest BCUT2D eigenvalue weighted by atomic mass is 9.97. The number of carbonyl (C=O) groups is 1. The number of aryl methyl sites for hydroxylation is 1. The molecular weight excluding hydrogens is 304 g/mol. The average molecular weight is 327 g/mol. The Morgan fingerprint density at radius 2 is 2.16 bits per heavy atom. The van der Waals surface area contributed by atoms with Crippen LogP contribution in [0, 0.1) is 5.92 Å². The fraction of sp³-hybridized carbons (Fsp3) is 0.667. The Bertz CT molecular complexity index is 441. The van der Waals surface area contributed by atoms with Gasteiger partial charge >= 0.3 is 0 Å². The van der Waals surface area contributed by atoms with Crippen LogP contribution in [0.3, 0.4) is 0 Å². The van der Waals surface area contributed by atoms with E-state index in [1.54, 1.807) is 0 Å². The van der Waals surface area contributed by atoms with Crippen LogP contribution in [0.2, 0.25) is 0 Å². The van der Waals surface area contributed by atoms with Crippen LogP contribution in [-0.2, 0) is 6.54 Å². The van der Waals surface area contributed by atoms with Gasteiger partial charge in [0.15, 0.2) is 0 Å². The summed E-state index contributed by atoms with van der Waals surface area (Å²) in [4.78, 5) is 12.4. The molecule has 0 radical (unpaired) electrons. The van der Waals surface area contributed by atoms with Crippen LogP contribution in [0.25, 0.3) is 0 Å². The molecule has 2 unspecified atom stereocenters. The third kappa shape index (κ3) is 3.62. The first-order chi connectivity index (χ1) is 9.11. The third-order valence-corrected chi connectivity index (χ3v) is 4.55. The minimum atomic E-state index is 0.0614. The van der Waals surface area contributed by atoms with E-state index in [1.165, 1.54) is 25.7 Å². The monoisotopic (exact) mass is 326 g/mol. The second-order valence-corrected chi connectivity index (χ2v) is 6.44. The summed E-state index contributed by atoms with van der Waals surface area (Å²) in [7, 11) is 0. The summed E-state index contributed by atoms with van der Waals surface area (Å²) in [6.45, 7) is 5.12. The maximum Gasteiger partial charge on any atom is 0.268 e. The molecule has 3 nitrogen and oxygen atoms in total. The van der Waals surface area contributed by atoms with Crippen molar-refractivity contribution < 1.29 is 4.79 Å². The van der Waals surface area contributed by atoms with Crippen LogP contribution < -0.4 is 5.32 Å². The maximum atomic E-state index is 12.4. The van der Waals surface area contributed by atoms with Gasteiger partial charge in [-0.25, -0.2) is 0 Å². The lowest BCUT2D eigenvalue weighted by Crippen LogP contribution is -2.39. The summed E-state index contributed by atoms with van der Waals surface area (Å²) in [5.41, 5.74) is 0.755. The number of nitrogens with zero attached hydrogens (tertiary/aromatic N) is 1. The fourth-order valence-electron chi connectivity index (χ4n) is 2.88. The van der Waals surface area contributed by atoms with E-state index in [9.17, 15) is 4.79 Å². The van der Waals surface area contributed by atoms with Crippen LogP contribution in [0.5, 0.6) is 0 Å². The number of amides is 1. The smallest absolute Gasteiger partial charge is 0.268 e. The quantitative estimate of drug-likeness (QED) is 0.838. The fourth-order valence-corrected chi connectivity index (χ4v) is 3.34. The summed E-state index contributed by atoms with van der Waals surface area (Å²) in [5.74, 6) is 0.645. The van der Waals surface area contributed by atoms with Crippen molar-refractivity contribution in [1.82, 2.24) is 9.88 Å². The number of hydrogen-bond acceptors (Lipinski definition) is 1. The van der Waals surface area contributed by atoms with Crippen molar-refractivity contribution in [3.63, 3.8) is 0 Å². The maximum absolute atomic E-state index is 12.4. The molecule has 1 aromatic heterocycles. The van der Waals surface area contributed by atoms with Crippen molar-refractivity contribution >= 4 is 21.8 Å². The van der Waals surface area contributed by atoms with E-state index in [0.29, 0.717) is 12.0 Å². The summed E-state index contributed by atoms with van der Waals surface area (Å²) in [6.07, 6.45) is 8.13. The van der Waals surface area contributed by atoms with Gasteiger partial charge in [-0.2, -0.15) is 0 Å². The van der Waals surface area contributed by atoms with Crippen molar-refractivity contribution in [3.8, 4) is 0 Å². The molecule has 106 valence electrons. The molecule has 1 aliphatic carbocycles. The highest BCUT2D eigenvalue weighted by atomic mass is 79.9. The molecule has 0 saturated heterocycles. The first-order valence-electron chi connectivity index (χ1n) is 7.28. The highest BCUT2D eigenvalue weighted by molar-refractivity contribution is 9.10. The van der Waals surface area contributed by atoms with Gasteiger partial charge in [0.25, 0.3) is 5.91 Å². The third-order valence-electron chi connectivity index (χ3n) is 4.11. The van der Waals surface area contributed by atoms with Crippen LogP contribution in [0.15, 0.2) is 16.7 Å². The molecule has 0 spiro atoms. The minimum absolute atomic E-state index is 0.0614. The number of nitrogens with one attached hydrogen (secondary N) is 1. The van der Waals surface area contributed by atoms with Gasteiger partial charge in [0.05, 0.1) is 0 Å². The van der Waals surface area contributed by atoms with E-state index in [0.717, 1.165) is 23.1 Å². The Kier molecular flexibility index (Phi) is 5.08. The molecule has 1 saturated carbocycles. The SMILES string of the molecule is CCn1cc(Br)cc1C(=O)NC1CCCCCC1C. The molecule has 0 aliphatic heterocycles. The van der Waals surface area contributed by atoms with Gasteiger partial charge in [-0.1, -0.05) is 26.2 Å². The zero-order valence-electron chi connectivity index (χ0n) is 11.8. The zero-order chi connectivity index (χ0) is 13.8. The summed E-state index contributed by atoms with van der Waals surface area (Å²) >= 11 is 3.44. The van der Waals surface area contributed by atoms with Crippen LogP contribution in [-0.4, -0.2) is 16.5 Å². The topological polar surface area (TPSA) is 34.0 Å². The number of halogens is 1. The molecule has 1 amide bonds. The van der Waals surface area contributed by atoms with Gasteiger partial charge in [-0.05, 0) is 47.7 Å². The predicted molar refractivity (Wildman–Crippen MR) is 81.3 cm³/mol. The first kappa shape index (κ1) is 14.6. The van der Waals surface area contributed by atoms with Crippen LogP contribution >= 0.6 is 15.9 Å². The Hall–Kier alpha value is -0.770. The Morgan fingerprint density at radius 1 is 1.42 bits per heavy atom. The Labute approximate surface area is 123 Å². The molecule has 2 rings (SSSR count). The summed E-state index contributed by atoms with van der Waals surface area (Å²) < 4.78 is 2.95. The second-order valence-electron chi connectivity index (χ2n) is 5.52. The Morgan fingerprint density at radius 3 is 2.89 bits per heavy atom. The molecule has 19 heavy (non-hydrogen) atoms. The average Bonchev–Trinajstić information content (AvgIpc) is 2.66. The van der Waals surface area contributed by atoms with Crippen molar-refractivity contribution in [2.45, 2.75) is 58.5 Å². The predicted octanol–water partition coefficient (Wildman–Crippen LogP) is 3.97. The largest absolute Gasteiger partial charge is 0.348 e. The van der Waals surface area contributed by atoms with Gasteiger partial charge in [0.1, 0.15) is 5.69 Å². The minimum Gasteiger partial charge on any atom is -0.348 e. The summed E-state index contributed by atoms with van der Waals surface area (Å²) in [5, 5.41) is 3.23. The first-order valence-corrected chi connectivity index (χ1v) is 8.07. The highest BCUT2D eigenvalue weighted by Gasteiger charge is 2.23. The lowest BCUT2D eigenvalue weighted by Gasteiger charge is -2.23. The van der Waals surface area contributed by atoms with E-state index in [-0.39, 0.29) is 5.91 Å². The zero-order valence-corrected chi connectivity index (χ0v) is 13.4. The molecule has 2 atom stereocenters.